The zero-order chi connectivity index (χ0) is 8.55. The number of aromatic amines is 2. The fraction of sp³-hybridized carbons (Fsp3) is 0. The molecule has 2 aromatic rings. The molecule has 12 heavy (non-hydrogen) atoms. The van der Waals surface area contributed by atoms with E-state index < -0.39 is 0 Å². The molecule has 2 aromatic heterocycles. The van der Waals surface area contributed by atoms with E-state index in [1.165, 1.54) is 0 Å². The quantitative estimate of drug-likeness (QED) is 0.632. The average Bonchev–Trinajstić information content (AvgIpc) is 2.07. The van der Waals surface area contributed by atoms with Gasteiger partial charge in [-0.05, 0) is 12.1 Å². The Morgan fingerprint density at radius 2 is 1.25 bits per heavy atom. The lowest BCUT2D eigenvalue weighted by molar-refractivity contribution is 1.32. The van der Waals surface area contributed by atoms with Gasteiger partial charge in [0.15, 0.2) is 0 Å². The normalized spacial score (nSPS) is 10.3. The Labute approximate surface area is 79.3 Å². The minimum Gasteiger partial charge on any atom is -0.359 e. The highest BCUT2D eigenvalue weighted by Gasteiger charge is 1.94. The van der Waals surface area contributed by atoms with E-state index >= 15 is 0 Å². The third-order valence-corrected chi connectivity index (χ3v) is 2.35. The smallest absolute Gasteiger partial charge is 0.0817 e. The zero-order valence-corrected chi connectivity index (χ0v) is 7.76. The first-order valence-electron chi connectivity index (χ1n) is 3.48. The van der Waals surface area contributed by atoms with Crippen LogP contribution in [0.25, 0.3) is 11.0 Å². The van der Waals surface area contributed by atoms with Crippen molar-refractivity contribution < 1.29 is 0 Å². The molecule has 0 saturated carbocycles. The van der Waals surface area contributed by atoms with E-state index in [-0.39, 0.29) is 0 Å². The third kappa shape index (κ3) is 1.09. The number of fused-ring (bicyclic) bond motifs is 1. The summed E-state index contributed by atoms with van der Waals surface area (Å²) in [6.07, 6.45) is 3.60. The van der Waals surface area contributed by atoms with Crippen LogP contribution in [0.4, 0.5) is 0 Å². The Bertz CT molecular complexity index is 475. The molecule has 2 heterocycles. The fourth-order valence-electron chi connectivity index (χ4n) is 1.10. The molecule has 0 bridgehead atoms. The van der Waals surface area contributed by atoms with E-state index in [9.17, 15) is 0 Å². The summed E-state index contributed by atoms with van der Waals surface area (Å²) in [5.41, 5.74) is 1.81. The van der Waals surface area contributed by atoms with Crippen molar-refractivity contribution in [3.05, 3.63) is 33.5 Å². The molecule has 60 valence electrons. The zero-order valence-electron chi connectivity index (χ0n) is 6.13. The number of rotatable bonds is 0. The van der Waals surface area contributed by atoms with Gasteiger partial charge in [0, 0.05) is 12.4 Å². The summed E-state index contributed by atoms with van der Waals surface area (Å²) in [4.78, 5) is 6.12. The first kappa shape index (κ1) is 7.64. The predicted molar refractivity (Wildman–Crippen MR) is 54.3 cm³/mol. The van der Waals surface area contributed by atoms with Crippen LogP contribution in [0, 0.1) is 9.02 Å². The standard InChI is InChI=1S/C8H6N2S2/c11-5-1-3-9-8-6(12)2-4-10-7(5)8/h1-4H,(H,9,11)(H,10,12). The van der Waals surface area contributed by atoms with Gasteiger partial charge in [-0.3, -0.25) is 0 Å². The summed E-state index contributed by atoms with van der Waals surface area (Å²) < 4.78 is 1.57. The van der Waals surface area contributed by atoms with Gasteiger partial charge in [0.2, 0.25) is 0 Å². The molecule has 2 nitrogen and oxygen atoms in total. The fourth-order valence-corrected chi connectivity index (χ4v) is 1.56. The Hall–Kier alpha value is -1.00. The lowest BCUT2D eigenvalue weighted by Gasteiger charge is -1.96. The van der Waals surface area contributed by atoms with Crippen LogP contribution >= 0.6 is 24.4 Å². The molecule has 0 fully saturated rings. The Morgan fingerprint density at radius 3 is 1.67 bits per heavy atom. The number of hydrogen-bond donors (Lipinski definition) is 2. The van der Waals surface area contributed by atoms with Crippen LogP contribution in [0.15, 0.2) is 24.5 Å². The number of H-pyrrole nitrogens is 2. The highest BCUT2D eigenvalue weighted by Crippen LogP contribution is 2.10. The lowest BCUT2D eigenvalue weighted by Crippen LogP contribution is -1.82. The molecular weight excluding hydrogens is 188 g/mol. The summed E-state index contributed by atoms with van der Waals surface area (Å²) in [5.74, 6) is 0. The van der Waals surface area contributed by atoms with Crippen molar-refractivity contribution in [2.24, 2.45) is 0 Å². The van der Waals surface area contributed by atoms with Gasteiger partial charge in [-0.25, -0.2) is 0 Å². The van der Waals surface area contributed by atoms with Gasteiger partial charge in [-0.15, -0.1) is 0 Å². The van der Waals surface area contributed by atoms with Crippen LogP contribution in [-0.4, -0.2) is 9.97 Å². The molecule has 0 amide bonds. The second-order valence-electron chi connectivity index (χ2n) is 2.43. The highest BCUT2D eigenvalue weighted by atomic mass is 32.1. The van der Waals surface area contributed by atoms with Gasteiger partial charge in [0.25, 0.3) is 0 Å². The molecule has 0 saturated heterocycles. The van der Waals surface area contributed by atoms with E-state index in [1.54, 1.807) is 12.4 Å². The average molecular weight is 194 g/mol. The van der Waals surface area contributed by atoms with Crippen molar-refractivity contribution in [3.8, 4) is 0 Å². The molecule has 2 rings (SSSR count). The van der Waals surface area contributed by atoms with Crippen molar-refractivity contribution in [1.82, 2.24) is 9.97 Å². The van der Waals surface area contributed by atoms with Gasteiger partial charge in [-0.2, -0.15) is 0 Å². The monoisotopic (exact) mass is 194 g/mol. The van der Waals surface area contributed by atoms with Crippen LogP contribution < -0.4 is 0 Å². The van der Waals surface area contributed by atoms with Gasteiger partial charge >= 0.3 is 0 Å². The maximum absolute atomic E-state index is 5.12. The first-order chi connectivity index (χ1) is 5.79. The molecule has 0 aromatic carbocycles. The van der Waals surface area contributed by atoms with Crippen LogP contribution in [0.2, 0.25) is 0 Å². The molecular formula is C8H6N2S2. The molecule has 0 radical (unpaired) electrons. The molecule has 0 unspecified atom stereocenters. The van der Waals surface area contributed by atoms with E-state index in [0.29, 0.717) is 0 Å². The highest BCUT2D eigenvalue weighted by molar-refractivity contribution is 7.72. The Balaban J connectivity index is 3.15. The van der Waals surface area contributed by atoms with Gasteiger partial charge in [-0.1, -0.05) is 24.4 Å². The summed E-state index contributed by atoms with van der Waals surface area (Å²) in [7, 11) is 0. The molecule has 0 aliphatic rings. The molecule has 0 atom stereocenters. The Kier molecular flexibility index (Phi) is 1.78. The maximum Gasteiger partial charge on any atom is 0.0817 e. The van der Waals surface area contributed by atoms with Crippen LogP contribution in [0.5, 0.6) is 0 Å². The van der Waals surface area contributed by atoms with Crippen LogP contribution in [0.1, 0.15) is 0 Å². The number of pyridine rings is 2. The van der Waals surface area contributed by atoms with E-state index in [0.717, 1.165) is 20.1 Å². The second-order valence-corrected chi connectivity index (χ2v) is 3.31. The van der Waals surface area contributed by atoms with Crippen LogP contribution in [-0.2, 0) is 0 Å². The molecule has 0 aliphatic carbocycles. The summed E-state index contributed by atoms with van der Waals surface area (Å²) in [6, 6.07) is 3.67. The molecule has 0 spiro atoms. The summed E-state index contributed by atoms with van der Waals surface area (Å²) >= 11 is 10.2. The maximum atomic E-state index is 5.12. The largest absolute Gasteiger partial charge is 0.359 e. The predicted octanol–water partition coefficient (Wildman–Crippen LogP) is 2.95. The third-order valence-electron chi connectivity index (χ3n) is 1.67. The van der Waals surface area contributed by atoms with Crippen molar-refractivity contribution in [3.63, 3.8) is 0 Å². The van der Waals surface area contributed by atoms with Crippen molar-refractivity contribution in [1.29, 1.82) is 0 Å². The van der Waals surface area contributed by atoms with Crippen molar-refractivity contribution >= 4 is 35.5 Å². The SMILES string of the molecule is S=c1cc[nH]c2c(=S)cc[nH]c12. The number of hydrogen-bond acceptors (Lipinski definition) is 2. The van der Waals surface area contributed by atoms with Crippen molar-refractivity contribution in [2.75, 3.05) is 0 Å². The van der Waals surface area contributed by atoms with E-state index in [2.05, 4.69) is 9.97 Å². The number of nitrogens with one attached hydrogen (secondary N) is 2. The van der Waals surface area contributed by atoms with E-state index in [1.807, 2.05) is 12.1 Å². The minimum absolute atomic E-state index is 0.787. The molecule has 2 N–H and O–H groups in total. The van der Waals surface area contributed by atoms with Crippen LogP contribution in [0.3, 0.4) is 0 Å². The van der Waals surface area contributed by atoms with Gasteiger partial charge in [0.1, 0.15) is 0 Å². The summed E-state index contributed by atoms with van der Waals surface area (Å²) in [5, 5.41) is 0. The molecule has 0 aliphatic heterocycles. The van der Waals surface area contributed by atoms with Gasteiger partial charge < -0.3 is 9.97 Å². The lowest BCUT2D eigenvalue weighted by atomic mass is 10.3. The van der Waals surface area contributed by atoms with Crippen molar-refractivity contribution in [2.45, 2.75) is 0 Å². The first-order valence-corrected chi connectivity index (χ1v) is 4.30. The Morgan fingerprint density at radius 1 is 0.833 bits per heavy atom. The van der Waals surface area contributed by atoms with Gasteiger partial charge in [0.05, 0.1) is 20.1 Å². The topological polar surface area (TPSA) is 31.6 Å². The van der Waals surface area contributed by atoms with E-state index in [4.69, 9.17) is 24.4 Å². The number of aromatic nitrogens is 2. The second kappa shape index (κ2) is 2.80. The minimum atomic E-state index is 0.787. The molecule has 4 heteroatoms. The summed E-state index contributed by atoms with van der Waals surface area (Å²) in [6.45, 7) is 0.